The van der Waals surface area contributed by atoms with Gasteiger partial charge in [-0.2, -0.15) is 0 Å². The summed E-state index contributed by atoms with van der Waals surface area (Å²) in [5.41, 5.74) is 3.52. The number of benzene rings is 2. The van der Waals surface area contributed by atoms with E-state index < -0.39 is 0 Å². The summed E-state index contributed by atoms with van der Waals surface area (Å²) in [7, 11) is 3.47. The van der Waals surface area contributed by atoms with Gasteiger partial charge in [0.2, 0.25) is 5.91 Å². The van der Waals surface area contributed by atoms with Crippen molar-refractivity contribution in [2.24, 2.45) is 4.99 Å². The van der Waals surface area contributed by atoms with Gasteiger partial charge in [-0.3, -0.25) is 9.79 Å². The molecule has 0 saturated carbocycles. The Bertz CT molecular complexity index is 833. The second-order valence-electron chi connectivity index (χ2n) is 7.15. The predicted molar refractivity (Wildman–Crippen MR) is 116 cm³/mol. The summed E-state index contributed by atoms with van der Waals surface area (Å²) >= 11 is 0. The van der Waals surface area contributed by atoms with Crippen LogP contribution in [0, 0.1) is 0 Å². The number of nitrogens with zero attached hydrogens (tertiary/aromatic N) is 2. The molecule has 6 heteroatoms. The number of ether oxygens (including phenoxy) is 1. The summed E-state index contributed by atoms with van der Waals surface area (Å²) in [6, 6.07) is 16.5. The normalized spacial score (nSPS) is 14.2. The zero-order valence-corrected chi connectivity index (χ0v) is 17.3. The van der Waals surface area contributed by atoms with Crippen LogP contribution in [0.25, 0.3) is 0 Å². The Morgan fingerprint density at radius 2 is 1.86 bits per heavy atom. The Hall–Kier alpha value is -3.02. The number of guanidine groups is 1. The van der Waals surface area contributed by atoms with E-state index in [-0.39, 0.29) is 5.91 Å². The number of rotatable bonds is 8. The third-order valence-corrected chi connectivity index (χ3v) is 5.13. The molecular weight excluding hydrogens is 364 g/mol. The van der Waals surface area contributed by atoms with Crippen LogP contribution in [0.3, 0.4) is 0 Å². The molecule has 2 aromatic rings. The third kappa shape index (κ3) is 5.98. The van der Waals surface area contributed by atoms with Gasteiger partial charge in [0, 0.05) is 39.6 Å². The van der Waals surface area contributed by atoms with Crippen molar-refractivity contribution in [3.8, 4) is 5.75 Å². The first-order valence-corrected chi connectivity index (χ1v) is 10.1. The number of likely N-dealkylation sites (tertiary alicyclic amines) is 1. The van der Waals surface area contributed by atoms with E-state index in [4.69, 9.17) is 4.74 Å². The molecule has 0 aliphatic carbocycles. The Morgan fingerprint density at radius 1 is 1.10 bits per heavy atom. The number of methoxy groups -OCH3 is 1. The highest BCUT2D eigenvalue weighted by atomic mass is 16.5. The number of hydrogen-bond acceptors (Lipinski definition) is 3. The van der Waals surface area contributed by atoms with Crippen LogP contribution >= 0.6 is 0 Å². The van der Waals surface area contributed by atoms with Gasteiger partial charge >= 0.3 is 0 Å². The van der Waals surface area contributed by atoms with E-state index in [9.17, 15) is 4.79 Å². The molecule has 1 fully saturated rings. The fraction of sp³-hybridized carbons (Fsp3) is 0.391. The molecular formula is C23H30N4O2. The predicted octanol–water partition coefficient (Wildman–Crippen LogP) is 2.73. The summed E-state index contributed by atoms with van der Waals surface area (Å²) in [5, 5.41) is 6.69. The Balaban J connectivity index is 1.43. The van der Waals surface area contributed by atoms with Crippen LogP contribution in [-0.4, -0.2) is 44.0 Å². The molecule has 1 saturated heterocycles. The fourth-order valence-corrected chi connectivity index (χ4v) is 3.49. The van der Waals surface area contributed by atoms with Crippen molar-refractivity contribution in [1.29, 1.82) is 0 Å². The lowest BCUT2D eigenvalue weighted by Crippen LogP contribution is -2.37. The molecule has 2 aromatic carbocycles. The molecule has 6 nitrogen and oxygen atoms in total. The van der Waals surface area contributed by atoms with E-state index >= 15 is 0 Å². The van der Waals surface area contributed by atoms with Crippen molar-refractivity contribution in [1.82, 2.24) is 15.5 Å². The SMILES string of the molecule is CN=C(NCCc1ccccc1OC)NCc1ccc(CN2CCCC2=O)cc1. The highest BCUT2D eigenvalue weighted by molar-refractivity contribution is 5.79. The van der Waals surface area contributed by atoms with Crippen molar-refractivity contribution >= 4 is 11.9 Å². The average molecular weight is 395 g/mol. The van der Waals surface area contributed by atoms with Crippen molar-refractivity contribution in [2.45, 2.75) is 32.4 Å². The number of carbonyl (C=O) groups is 1. The van der Waals surface area contributed by atoms with Crippen LogP contribution in [0.15, 0.2) is 53.5 Å². The first-order chi connectivity index (χ1) is 14.2. The largest absolute Gasteiger partial charge is 0.496 e. The Labute approximate surface area is 173 Å². The lowest BCUT2D eigenvalue weighted by atomic mass is 10.1. The smallest absolute Gasteiger partial charge is 0.222 e. The molecule has 1 aliphatic heterocycles. The molecule has 0 radical (unpaired) electrons. The Morgan fingerprint density at radius 3 is 2.55 bits per heavy atom. The minimum Gasteiger partial charge on any atom is -0.496 e. The molecule has 0 spiro atoms. The first kappa shape index (κ1) is 20.7. The van der Waals surface area contributed by atoms with Crippen molar-refractivity contribution in [3.63, 3.8) is 0 Å². The van der Waals surface area contributed by atoms with Crippen molar-refractivity contribution in [2.75, 3.05) is 27.2 Å². The van der Waals surface area contributed by atoms with Gasteiger partial charge in [0.05, 0.1) is 7.11 Å². The van der Waals surface area contributed by atoms with Gasteiger partial charge < -0.3 is 20.3 Å². The van der Waals surface area contributed by atoms with E-state index in [0.717, 1.165) is 37.6 Å². The van der Waals surface area contributed by atoms with Gasteiger partial charge in [0.25, 0.3) is 0 Å². The number of para-hydroxylation sites is 1. The maximum absolute atomic E-state index is 11.8. The van der Waals surface area contributed by atoms with Crippen molar-refractivity contribution in [3.05, 3.63) is 65.2 Å². The van der Waals surface area contributed by atoms with Crippen LogP contribution in [-0.2, 0) is 24.3 Å². The van der Waals surface area contributed by atoms with E-state index in [2.05, 4.69) is 46.0 Å². The molecule has 29 heavy (non-hydrogen) atoms. The number of hydrogen-bond donors (Lipinski definition) is 2. The van der Waals surface area contributed by atoms with E-state index in [1.165, 1.54) is 16.7 Å². The average Bonchev–Trinajstić information content (AvgIpc) is 3.16. The maximum Gasteiger partial charge on any atom is 0.222 e. The van der Waals surface area contributed by atoms with Gasteiger partial charge in [0.15, 0.2) is 5.96 Å². The van der Waals surface area contributed by atoms with Crippen LogP contribution < -0.4 is 15.4 Å². The molecule has 0 aromatic heterocycles. The van der Waals surface area contributed by atoms with Crippen molar-refractivity contribution < 1.29 is 9.53 Å². The van der Waals surface area contributed by atoms with Gasteiger partial charge in [-0.1, -0.05) is 42.5 Å². The Kier molecular flexibility index (Phi) is 7.50. The molecule has 1 heterocycles. The fourth-order valence-electron chi connectivity index (χ4n) is 3.49. The molecule has 2 N–H and O–H groups in total. The lowest BCUT2D eigenvalue weighted by molar-refractivity contribution is -0.128. The van der Waals surface area contributed by atoms with Gasteiger partial charge in [0.1, 0.15) is 5.75 Å². The molecule has 1 amide bonds. The van der Waals surface area contributed by atoms with E-state index in [1.54, 1.807) is 14.2 Å². The number of nitrogens with one attached hydrogen (secondary N) is 2. The molecule has 1 aliphatic rings. The molecule has 154 valence electrons. The quantitative estimate of drug-likeness (QED) is 0.534. The molecule has 0 atom stereocenters. The highest BCUT2D eigenvalue weighted by Gasteiger charge is 2.19. The first-order valence-electron chi connectivity index (χ1n) is 10.1. The van der Waals surface area contributed by atoms with Gasteiger partial charge in [-0.15, -0.1) is 0 Å². The van der Waals surface area contributed by atoms with Crippen LogP contribution in [0.1, 0.15) is 29.5 Å². The van der Waals surface area contributed by atoms with E-state index in [1.807, 2.05) is 23.1 Å². The minimum atomic E-state index is 0.263. The number of amides is 1. The second kappa shape index (κ2) is 10.5. The van der Waals surface area contributed by atoms with Gasteiger partial charge in [-0.25, -0.2) is 0 Å². The standard InChI is InChI=1S/C23H30N4O2/c1-24-23(25-14-13-20-6-3-4-7-21(20)29-2)26-16-18-9-11-19(12-10-18)17-27-15-5-8-22(27)28/h3-4,6-7,9-12H,5,8,13-17H2,1-2H3,(H2,24,25,26). The maximum atomic E-state index is 11.8. The minimum absolute atomic E-state index is 0.263. The van der Waals surface area contributed by atoms with Crippen LogP contribution in [0.5, 0.6) is 5.75 Å². The second-order valence-corrected chi connectivity index (χ2v) is 7.15. The summed E-state index contributed by atoms with van der Waals surface area (Å²) in [5.74, 6) is 1.94. The lowest BCUT2D eigenvalue weighted by Gasteiger charge is -2.16. The summed E-state index contributed by atoms with van der Waals surface area (Å²) in [6.07, 6.45) is 2.52. The van der Waals surface area contributed by atoms with Crippen LogP contribution in [0.2, 0.25) is 0 Å². The van der Waals surface area contributed by atoms with E-state index in [0.29, 0.717) is 19.5 Å². The number of carbonyl (C=O) groups excluding carboxylic acids is 1. The molecule has 0 bridgehead atoms. The van der Waals surface area contributed by atoms with Crippen LogP contribution in [0.4, 0.5) is 0 Å². The number of aliphatic imine (C=N–C) groups is 1. The highest BCUT2D eigenvalue weighted by Crippen LogP contribution is 2.17. The monoisotopic (exact) mass is 394 g/mol. The molecule has 0 unspecified atom stereocenters. The summed E-state index contributed by atoms with van der Waals surface area (Å²) in [6.45, 7) is 3.04. The van der Waals surface area contributed by atoms with Gasteiger partial charge in [-0.05, 0) is 35.6 Å². The zero-order valence-electron chi connectivity index (χ0n) is 17.3. The zero-order chi connectivity index (χ0) is 20.5. The third-order valence-electron chi connectivity index (χ3n) is 5.13. The topological polar surface area (TPSA) is 66.0 Å². The summed E-state index contributed by atoms with van der Waals surface area (Å²) < 4.78 is 5.40. The summed E-state index contributed by atoms with van der Waals surface area (Å²) in [4.78, 5) is 18.0. The molecule has 3 rings (SSSR count).